The van der Waals surface area contributed by atoms with Crippen molar-refractivity contribution in [3.05, 3.63) is 10.8 Å². The minimum Gasteiger partial charge on any atom is -0.372 e. The van der Waals surface area contributed by atoms with Crippen LogP contribution in [0.2, 0.25) is 0 Å². The van der Waals surface area contributed by atoms with Crippen molar-refractivity contribution in [1.82, 2.24) is 15.3 Å². The first-order valence-corrected chi connectivity index (χ1v) is 5.76. The molecular formula is C9H14BrN5. The third-order valence-electron chi connectivity index (χ3n) is 2.42. The molecule has 5 nitrogen and oxygen atoms in total. The molecule has 1 saturated heterocycles. The fraction of sp³-hybridized carbons (Fsp3) is 0.556. The fourth-order valence-electron chi connectivity index (χ4n) is 1.63. The molecule has 0 saturated carbocycles. The van der Waals surface area contributed by atoms with Crippen LogP contribution in [0.5, 0.6) is 0 Å². The minimum absolute atomic E-state index is 0.832. The fourth-order valence-corrected chi connectivity index (χ4v) is 2.29. The molecule has 0 atom stereocenters. The number of nitrogens with one attached hydrogen (secondary N) is 2. The van der Waals surface area contributed by atoms with Gasteiger partial charge in [-0.1, -0.05) is 0 Å². The molecule has 15 heavy (non-hydrogen) atoms. The van der Waals surface area contributed by atoms with Crippen LogP contribution in [0.1, 0.15) is 0 Å². The van der Waals surface area contributed by atoms with Gasteiger partial charge in [-0.25, -0.2) is 9.97 Å². The second-order valence-corrected chi connectivity index (χ2v) is 4.14. The molecule has 2 N–H and O–H groups in total. The van der Waals surface area contributed by atoms with E-state index >= 15 is 0 Å². The number of nitrogens with zero attached hydrogens (tertiary/aromatic N) is 3. The van der Waals surface area contributed by atoms with Crippen LogP contribution in [0.25, 0.3) is 0 Å². The van der Waals surface area contributed by atoms with Gasteiger partial charge in [-0.05, 0) is 15.9 Å². The Labute approximate surface area is 97.4 Å². The highest BCUT2D eigenvalue weighted by molar-refractivity contribution is 9.10. The first kappa shape index (κ1) is 10.6. The summed E-state index contributed by atoms with van der Waals surface area (Å²) in [5, 5.41) is 6.35. The molecule has 2 rings (SSSR count). The number of rotatable bonds is 2. The SMILES string of the molecule is CNc1ncnc(N2CCNCC2)c1Br. The van der Waals surface area contributed by atoms with Gasteiger partial charge in [0.05, 0.1) is 0 Å². The van der Waals surface area contributed by atoms with E-state index in [1.54, 1.807) is 6.33 Å². The van der Waals surface area contributed by atoms with Crippen molar-refractivity contribution < 1.29 is 0 Å². The number of halogens is 1. The van der Waals surface area contributed by atoms with E-state index in [4.69, 9.17) is 0 Å². The van der Waals surface area contributed by atoms with Crippen LogP contribution in [0.3, 0.4) is 0 Å². The summed E-state index contributed by atoms with van der Waals surface area (Å²) >= 11 is 3.53. The normalized spacial score (nSPS) is 16.5. The summed E-state index contributed by atoms with van der Waals surface area (Å²) in [6, 6.07) is 0. The van der Waals surface area contributed by atoms with Crippen LogP contribution in [0.4, 0.5) is 11.6 Å². The average Bonchev–Trinajstić information content (AvgIpc) is 2.30. The Morgan fingerprint density at radius 1 is 1.40 bits per heavy atom. The van der Waals surface area contributed by atoms with Gasteiger partial charge in [0.2, 0.25) is 0 Å². The number of aromatic nitrogens is 2. The topological polar surface area (TPSA) is 53.1 Å². The lowest BCUT2D eigenvalue weighted by Gasteiger charge is -2.29. The molecule has 2 heterocycles. The molecule has 1 aliphatic heterocycles. The smallest absolute Gasteiger partial charge is 0.148 e. The van der Waals surface area contributed by atoms with Crippen molar-refractivity contribution in [3.8, 4) is 0 Å². The van der Waals surface area contributed by atoms with Crippen molar-refractivity contribution in [2.24, 2.45) is 0 Å². The van der Waals surface area contributed by atoms with Gasteiger partial charge in [0.15, 0.2) is 0 Å². The van der Waals surface area contributed by atoms with E-state index in [0.29, 0.717) is 0 Å². The summed E-state index contributed by atoms with van der Waals surface area (Å²) in [5.41, 5.74) is 0. The monoisotopic (exact) mass is 271 g/mol. The zero-order chi connectivity index (χ0) is 10.7. The molecule has 0 radical (unpaired) electrons. The Hall–Kier alpha value is -0.880. The van der Waals surface area contributed by atoms with Crippen LogP contribution in [0.15, 0.2) is 10.8 Å². The quantitative estimate of drug-likeness (QED) is 0.829. The zero-order valence-corrected chi connectivity index (χ0v) is 10.2. The Morgan fingerprint density at radius 3 is 2.80 bits per heavy atom. The van der Waals surface area contributed by atoms with E-state index in [1.807, 2.05) is 7.05 Å². The van der Waals surface area contributed by atoms with Crippen LogP contribution >= 0.6 is 15.9 Å². The Bertz CT molecular complexity index is 337. The van der Waals surface area contributed by atoms with Crippen molar-refractivity contribution in [2.45, 2.75) is 0 Å². The molecule has 0 unspecified atom stereocenters. The molecule has 0 bridgehead atoms. The first-order valence-electron chi connectivity index (χ1n) is 4.97. The van der Waals surface area contributed by atoms with Gasteiger partial charge in [0, 0.05) is 33.2 Å². The lowest BCUT2D eigenvalue weighted by Crippen LogP contribution is -2.44. The van der Waals surface area contributed by atoms with Gasteiger partial charge in [-0.15, -0.1) is 0 Å². The molecule has 0 aliphatic carbocycles. The average molecular weight is 272 g/mol. The molecule has 1 fully saturated rings. The largest absolute Gasteiger partial charge is 0.372 e. The number of anilines is 2. The molecule has 0 spiro atoms. The number of hydrogen-bond acceptors (Lipinski definition) is 5. The van der Waals surface area contributed by atoms with Gasteiger partial charge in [0.25, 0.3) is 0 Å². The Kier molecular flexibility index (Phi) is 3.37. The van der Waals surface area contributed by atoms with E-state index < -0.39 is 0 Å². The van der Waals surface area contributed by atoms with Crippen molar-refractivity contribution >= 4 is 27.6 Å². The third-order valence-corrected chi connectivity index (χ3v) is 3.15. The van der Waals surface area contributed by atoms with Crippen molar-refractivity contribution in [2.75, 3.05) is 43.4 Å². The number of hydrogen-bond donors (Lipinski definition) is 2. The molecule has 1 aromatic heterocycles. The maximum absolute atomic E-state index is 4.31. The first-order chi connectivity index (χ1) is 7.33. The van der Waals surface area contributed by atoms with Crippen LogP contribution in [0, 0.1) is 0 Å². The maximum Gasteiger partial charge on any atom is 0.148 e. The number of piperazine rings is 1. The third kappa shape index (κ3) is 2.21. The van der Waals surface area contributed by atoms with Gasteiger partial charge in [-0.3, -0.25) is 0 Å². The Balaban J connectivity index is 2.26. The molecule has 6 heteroatoms. The second-order valence-electron chi connectivity index (χ2n) is 3.35. The summed E-state index contributed by atoms with van der Waals surface area (Å²) in [4.78, 5) is 10.7. The summed E-state index contributed by atoms with van der Waals surface area (Å²) in [7, 11) is 1.86. The van der Waals surface area contributed by atoms with E-state index in [2.05, 4.69) is 41.4 Å². The lowest BCUT2D eigenvalue weighted by molar-refractivity contribution is 0.584. The lowest BCUT2D eigenvalue weighted by atomic mass is 10.3. The summed E-state index contributed by atoms with van der Waals surface area (Å²) in [6.45, 7) is 3.98. The highest BCUT2D eigenvalue weighted by Gasteiger charge is 2.16. The summed E-state index contributed by atoms with van der Waals surface area (Å²) in [5.74, 6) is 1.80. The van der Waals surface area contributed by atoms with Gasteiger partial charge >= 0.3 is 0 Å². The zero-order valence-electron chi connectivity index (χ0n) is 8.63. The van der Waals surface area contributed by atoms with E-state index in [9.17, 15) is 0 Å². The maximum atomic E-state index is 4.31. The van der Waals surface area contributed by atoms with Crippen molar-refractivity contribution in [3.63, 3.8) is 0 Å². The van der Waals surface area contributed by atoms with Crippen LogP contribution in [-0.2, 0) is 0 Å². The summed E-state index contributed by atoms with van der Waals surface area (Å²) in [6.07, 6.45) is 1.59. The van der Waals surface area contributed by atoms with Gasteiger partial charge in [0.1, 0.15) is 22.4 Å². The van der Waals surface area contributed by atoms with E-state index in [0.717, 1.165) is 42.3 Å². The van der Waals surface area contributed by atoms with Crippen LogP contribution in [-0.4, -0.2) is 43.2 Å². The second kappa shape index (κ2) is 4.76. The molecule has 0 amide bonds. The minimum atomic E-state index is 0.832. The predicted octanol–water partition coefficient (Wildman–Crippen LogP) is 0.690. The molecule has 1 aromatic rings. The standard InChI is InChI=1S/C9H14BrN5/c1-11-8-7(10)9(14-6-13-8)15-4-2-12-3-5-15/h6,12H,2-5H2,1H3,(H,11,13,14). The molecular weight excluding hydrogens is 258 g/mol. The molecule has 1 aliphatic rings. The predicted molar refractivity (Wildman–Crippen MR) is 64.4 cm³/mol. The van der Waals surface area contributed by atoms with Gasteiger partial charge < -0.3 is 15.5 Å². The van der Waals surface area contributed by atoms with E-state index in [-0.39, 0.29) is 0 Å². The Morgan fingerprint density at radius 2 is 2.13 bits per heavy atom. The highest BCUT2D eigenvalue weighted by atomic mass is 79.9. The van der Waals surface area contributed by atoms with E-state index in [1.165, 1.54) is 0 Å². The van der Waals surface area contributed by atoms with Crippen LogP contribution < -0.4 is 15.5 Å². The van der Waals surface area contributed by atoms with Gasteiger partial charge in [-0.2, -0.15) is 0 Å². The molecule has 82 valence electrons. The summed E-state index contributed by atoms with van der Waals surface area (Å²) < 4.78 is 0.939. The highest BCUT2D eigenvalue weighted by Crippen LogP contribution is 2.28. The van der Waals surface area contributed by atoms with Crippen molar-refractivity contribution in [1.29, 1.82) is 0 Å². The molecule has 0 aromatic carbocycles.